The van der Waals surface area contributed by atoms with E-state index >= 15 is 0 Å². The number of halogens is 2. The zero-order valence-corrected chi connectivity index (χ0v) is 13.6. The number of aryl methyl sites for hydroxylation is 1. The smallest absolute Gasteiger partial charge is 0.223 e. The number of aromatic nitrogens is 2. The predicted octanol–water partition coefficient (Wildman–Crippen LogP) is 3.38. The summed E-state index contributed by atoms with van der Waals surface area (Å²) in [5, 5.41) is 3.44. The summed E-state index contributed by atoms with van der Waals surface area (Å²) in [6.45, 7) is 4.13. The van der Waals surface area contributed by atoms with E-state index in [0.717, 1.165) is 19.0 Å². The van der Waals surface area contributed by atoms with Gasteiger partial charge in [-0.1, -0.05) is 0 Å². The molecule has 0 spiro atoms. The van der Waals surface area contributed by atoms with Gasteiger partial charge in [0.1, 0.15) is 11.6 Å². The predicted molar refractivity (Wildman–Crippen MR) is 88.7 cm³/mol. The molecule has 2 fully saturated rings. The number of anilines is 1. The Kier molecular flexibility index (Phi) is 3.92. The van der Waals surface area contributed by atoms with Crippen LogP contribution in [-0.2, 0) is 0 Å². The van der Waals surface area contributed by atoms with E-state index in [-0.39, 0.29) is 0 Å². The molecule has 0 bridgehead atoms. The van der Waals surface area contributed by atoms with Gasteiger partial charge in [-0.05, 0) is 44.9 Å². The fourth-order valence-electron chi connectivity index (χ4n) is 3.93. The van der Waals surface area contributed by atoms with E-state index in [9.17, 15) is 8.78 Å². The number of nitrogens with zero attached hydrogens (tertiary/aromatic N) is 3. The van der Waals surface area contributed by atoms with Crippen LogP contribution in [0, 0.1) is 18.6 Å². The minimum Gasteiger partial charge on any atom is -0.350 e. The monoisotopic (exact) mass is 330 g/mol. The summed E-state index contributed by atoms with van der Waals surface area (Å²) >= 11 is 0. The molecule has 4 nitrogen and oxygen atoms in total. The molecular weight excluding hydrogens is 310 g/mol. The standard InChI is InChI=1S/C18H20F2N4/c1-11-14(13-5-4-12(19)9-15(13)20)10-21-18(22-11)23-16-6-8-24-7-2-3-17(16)24/h4-5,9-10,16-17H,2-3,6-8H2,1H3,(H,21,22,23). The molecule has 0 aliphatic carbocycles. The number of fused-ring (bicyclic) bond motifs is 1. The van der Waals surface area contributed by atoms with Gasteiger partial charge in [-0.25, -0.2) is 18.7 Å². The molecule has 2 atom stereocenters. The first-order valence-electron chi connectivity index (χ1n) is 8.41. The van der Waals surface area contributed by atoms with E-state index in [2.05, 4.69) is 20.2 Å². The second-order valence-corrected chi connectivity index (χ2v) is 6.60. The summed E-state index contributed by atoms with van der Waals surface area (Å²) < 4.78 is 27.1. The quantitative estimate of drug-likeness (QED) is 0.937. The second kappa shape index (κ2) is 6.09. The highest BCUT2D eigenvalue weighted by Gasteiger charge is 2.37. The molecule has 0 radical (unpaired) electrons. The molecular formula is C18H20F2N4. The highest BCUT2D eigenvalue weighted by molar-refractivity contribution is 5.66. The lowest BCUT2D eigenvalue weighted by Crippen LogP contribution is -2.34. The maximum absolute atomic E-state index is 14.0. The Morgan fingerprint density at radius 1 is 1.17 bits per heavy atom. The van der Waals surface area contributed by atoms with Crippen LogP contribution in [0.1, 0.15) is 25.0 Å². The Hall–Kier alpha value is -2.08. The Balaban J connectivity index is 1.56. The summed E-state index contributed by atoms with van der Waals surface area (Å²) in [5.41, 5.74) is 1.59. The lowest BCUT2D eigenvalue weighted by molar-refractivity contribution is 0.318. The molecule has 1 N–H and O–H groups in total. The Morgan fingerprint density at radius 2 is 2.04 bits per heavy atom. The molecule has 1 aromatic carbocycles. The minimum atomic E-state index is -0.597. The highest BCUT2D eigenvalue weighted by Crippen LogP contribution is 2.30. The van der Waals surface area contributed by atoms with Crippen LogP contribution in [0.25, 0.3) is 11.1 Å². The van der Waals surface area contributed by atoms with E-state index in [1.54, 1.807) is 6.20 Å². The molecule has 126 valence electrons. The topological polar surface area (TPSA) is 41.1 Å². The third kappa shape index (κ3) is 2.75. The number of nitrogens with one attached hydrogen (secondary N) is 1. The third-order valence-corrected chi connectivity index (χ3v) is 5.12. The average molecular weight is 330 g/mol. The van der Waals surface area contributed by atoms with E-state index in [1.807, 2.05) is 6.92 Å². The molecule has 0 amide bonds. The van der Waals surface area contributed by atoms with Crippen molar-refractivity contribution in [2.75, 3.05) is 18.4 Å². The molecule has 2 aliphatic heterocycles. The minimum absolute atomic E-state index is 0.322. The maximum atomic E-state index is 14.0. The van der Waals surface area contributed by atoms with Gasteiger partial charge in [-0.15, -0.1) is 0 Å². The molecule has 0 saturated carbocycles. The number of benzene rings is 1. The normalized spacial score (nSPS) is 23.5. The van der Waals surface area contributed by atoms with E-state index in [4.69, 9.17) is 0 Å². The van der Waals surface area contributed by atoms with Crippen molar-refractivity contribution in [3.05, 3.63) is 41.7 Å². The molecule has 24 heavy (non-hydrogen) atoms. The van der Waals surface area contributed by atoms with Gasteiger partial charge in [0.2, 0.25) is 5.95 Å². The van der Waals surface area contributed by atoms with Gasteiger partial charge in [0, 0.05) is 42.0 Å². The Bertz CT molecular complexity index is 765. The van der Waals surface area contributed by atoms with Crippen LogP contribution in [-0.4, -0.2) is 40.0 Å². The molecule has 2 unspecified atom stereocenters. The van der Waals surface area contributed by atoms with Crippen LogP contribution in [0.5, 0.6) is 0 Å². The molecule has 3 heterocycles. The van der Waals surface area contributed by atoms with Crippen molar-refractivity contribution in [1.82, 2.24) is 14.9 Å². The highest BCUT2D eigenvalue weighted by atomic mass is 19.1. The van der Waals surface area contributed by atoms with Gasteiger partial charge in [-0.3, -0.25) is 4.90 Å². The molecule has 2 aromatic rings. The van der Waals surface area contributed by atoms with Crippen molar-refractivity contribution < 1.29 is 8.78 Å². The first-order chi connectivity index (χ1) is 11.6. The van der Waals surface area contributed by atoms with Crippen LogP contribution in [0.3, 0.4) is 0 Å². The van der Waals surface area contributed by atoms with Gasteiger partial charge in [0.05, 0.1) is 5.69 Å². The molecule has 2 aliphatic rings. The number of rotatable bonds is 3. The van der Waals surface area contributed by atoms with Crippen molar-refractivity contribution >= 4 is 5.95 Å². The van der Waals surface area contributed by atoms with Crippen LogP contribution in [0.15, 0.2) is 24.4 Å². The summed E-state index contributed by atoms with van der Waals surface area (Å²) in [7, 11) is 0. The zero-order chi connectivity index (χ0) is 16.7. The maximum Gasteiger partial charge on any atom is 0.223 e. The zero-order valence-electron chi connectivity index (χ0n) is 13.6. The molecule has 2 saturated heterocycles. The molecule has 4 rings (SSSR count). The van der Waals surface area contributed by atoms with Gasteiger partial charge < -0.3 is 5.32 Å². The van der Waals surface area contributed by atoms with E-state index in [1.165, 1.54) is 31.5 Å². The van der Waals surface area contributed by atoms with Gasteiger partial charge in [0.15, 0.2) is 0 Å². The van der Waals surface area contributed by atoms with Crippen LogP contribution in [0.2, 0.25) is 0 Å². The average Bonchev–Trinajstić information content (AvgIpc) is 3.14. The fourth-order valence-corrected chi connectivity index (χ4v) is 3.93. The van der Waals surface area contributed by atoms with Crippen LogP contribution < -0.4 is 5.32 Å². The first kappa shape index (κ1) is 15.4. The largest absolute Gasteiger partial charge is 0.350 e. The SMILES string of the molecule is Cc1nc(NC2CCN3CCCC23)ncc1-c1ccc(F)cc1F. The lowest BCUT2D eigenvalue weighted by Gasteiger charge is -2.21. The number of hydrogen-bond donors (Lipinski definition) is 1. The summed E-state index contributed by atoms with van der Waals surface area (Å²) in [6, 6.07) is 4.51. The molecule has 1 aromatic heterocycles. The van der Waals surface area contributed by atoms with E-state index in [0.29, 0.717) is 34.9 Å². The summed E-state index contributed by atoms with van der Waals surface area (Å²) in [5.74, 6) is -0.604. The van der Waals surface area contributed by atoms with Crippen molar-refractivity contribution in [1.29, 1.82) is 0 Å². The molecule has 6 heteroatoms. The summed E-state index contributed by atoms with van der Waals surface area (Å²) in [4.78, 5) is 11.4. The van der Waals surface area contributed by atoms with Crippen molar-refractivity contribution in [2.45, 2.75) is 38.3 Å². The van der Waals surface area contributed by atoms with Gasteiger partial charge in [-0.2, -0.15) is 0 Å². The van der Waals surface area contributed by atoms with Crippen molar-refractivity contribution in [3.8, 4) is 11.1 Å². The van der Waals surface area contributed by atoms with E-state index < -0.39 is 11.6 Å². The Labute approximate surface area is 139 Å². The number of hydrogen-bond acceptors (Lipinski definition) is 4. The lowest BCUT2D eigenvalue weighted by atomic mass is 10.1. The van der Waals surface area contributed by atoms with Crippen molar-refractivity contribution in [3.63, 3.8) is 0 Å². The third-order valence-electron chi connectivity index (χ3n) is 5.12. The first-order valence-corrected chi connectivity index (χ1v) is 8.41. The van der Waals surface area contributed by atoms with Gasteiger partial charge >= 0.3 is 0 Å². The second-order valence-electron chi connectivity index (χ2n) is 6.60. The summed E-state index contributed by atoms with van der Waals surface area (Å²) in [6.07, 6.45) is 5.19. The van der Waals surface area contributed by atoms with Crippen molar-refractivity contribution in [2.24, 2.45) is 0 Å². The Morgan fingerprint density at radius 3 is 2.83 bits per heavy atom. The van der Waals surface area contributed by atoms with Crippen LogP contribution >= 0.6 is 0 Å². The van der Waals surface area contributed by atoms with Gasteiger partial charge in [0.25, 0.3) is 0 Å². The fraction of sp³-hybridized carbons (Fsp3) is 0.444. The van der Waals surface area contributed by atoms with Crippen LogP contribution in [0.4, 0.5) is 14.7 Å².